The lowest BCUT2D eigenvalue weighted by Gasteiger charge is -2.36. The third kappa shape index (κ3) is 8.60. The molecule has 2 nitrogen and oxygen atoms in total. The van der Waals surface area contributed by atoms with Crippen LogP contribution >= 0.6 is 0 Å². The van der Waals surface area contributed by atoms with Crippen LogP contribution in [0.2, 0.25) is 36.3 Å². The minimum Gasteiger partial charge on any atom is -0.543 e. The van der Waals surface area contributed by atoms with Gasteiger partial charge in [-0.3, -0.25) is 0 Å². The molecular weight excluding hydrogens is 773 g/mol. The summed E-state index contributed by atoms with van der Waals surface area (Å²) in [7, 11) is -3.82. The Kier molecular flexibility index (Phi) is 11.5. The van der Waals surface area contributed by atoms with Crippen molar-refractivity contribution in [2.75, 3.05) is 0 Å². The van der Waals surface area contributed by atoms with Crippen LogP contribution in [0, 0.1) is 11.8 Å². The van der Waals surface area contributed by atoms with Gasteiger partial charge in [0.25, 0.3) is 0 Å². The monoisotopic (exact) mass is 840 g/mol. The molecule has 0 radical (unpaired) electrons. The molecule has 0 aromatic heterocycles. The van der Waals surface area contributed by atoms with Crippen LogP contribution in [0.3, 0.4) is 0 Å². The molecule has 316 valence electrons. The average Bonchev–Trinajstić information content (AvgIpc) is 3.45. The molecule has 8 rings (SSSR count). The second kappa shape index (κ2) is 16.2. The molecule has 0 saturated carbocycles. The highest BCUT2D eigenvalue weighted by Gasteiger charge is 2.40. The maximum absolute atomic E-state index is 6.67. The normalized spacial score (nSPS) is 21.8. The zero-order chi connectivity index (χ0) is 43.5. The Morgan fingerprint density at radius 3 is 1.25 bits per heavy atom. The molecule has 0 saturated heterocycles. The standard InChI is InChI=1S/C57H68O2Si2/c1-38-32-54-50(44-26-24-42-36-46(30-28-40(42)34-44)58-60(9,10)56(3,4)5)18-13-15-20-52(54)48(38)22-17-23-49-39(2)33-55-51(19-14-16-21-53(49)55)45-27-25-43-37-47(31-29-41(43)35-45)59-61(11,12)57(6,7)8/h13-16,18-21,24-37,48-51H,17,22-23H2,1-12H3. The second-order valence-electron chi connectivity index (χ2n) is 21.3. The van der Waals surface area contributed by atoms with E-state index in [9.17, 15) is 0 Å². The fraction of sp³-hybridized carbons (Fsp3) is 0.368. The second-order valence-corrected chi connectivity index (χ2v) is 30.8. The van der Waals surface area contributed by atoms with E-state index in [1.807, 2.05) is 0 Å². The van der Waals surface area contributed by atoms with Gasteiger partial charge in [-0.2, -0.15) is 0 Å². The van der Waals surface area contributed by atoms with Gasteiger partial charge in [0.2, 0.25) is 16.6 Å². The van der Waals surface area contributed by atoms with E-state index >= 15 is 0 Å². The number of hydrogen-bond donors (Lipinski definition) is 0. The molecule has 61 heavy (non-hydrogen) atoms. The van der Waals surface area contributed by atoms with Crippen LogP contribution in [0.4, 0.5) is 0 Å². The molecule has 4 aromatic carbocycles. The molecule has 0 fully saturated rings. The van der Waals surface area contributed by atoms with Crippen LogP contribution in [0.25, 0.3) is 21.5 Å². The molecule has 0 bridgehead atoms. The summed E-state index contributed by atoms with van der Waals surface area (Å²) in [6, 6.07) is 27.4. The molecule has 4 aliphatic carbocycles. The van der Waals surface area contributed by atoms with E-state index in [4.69, 9.17) is 8.85 Å². The lowest BCUT2D eigenvalue weighted by atomic mass is 9.83. The predicted octanol–water partition coefficient (Wildman–Crippen LogP) is 16.8. The Hall–Kier alpha value is -4.65. The predicted molar refractivity (Wildman–Crippen MR) is 268 cm³/mol. The molecule has 4 aromatic rings. The summed E-state index contributed by atoms with van der Waals surface area (Å²) >= 11 is 0. The molecule has 4 atom stereocenters. The van der Waals surface area contributed by atoms with Gasteiger partial charge in [0.05, 0.1) is 0 Å². The van der Waals surface area contributed by atoms with Gasteiger partial charge in [-0.15, -0.1) is 0 Å². The molecule has 0 aliphatic heterocycles. The number of allylic oxidation sites excluding steroid dienone is 16. The zero-order valence-electron chi connectivity index (χ0n) is 38.9. The summed E-state index contributed by atoms with van der Waals surface area (Å²) in [6.07, 6.45) is 27.1. The summed E-state index contributed by atoms with van der Waals surface area (Å²) in [5.74, 6) is 3.35. The fourth-order valence-electron chi connectivity index (χ4n) is 9.36. The summed E-state index contributed by atoms with van der Waals surface area (Å²) in [5.41, 5.74) is 11.6. The van der Waals surface area contributed by atoms with E-state index in [0.29, 0.717) is 11.8 Å². The first-order valence-electron chi connectivity index (χ1n) is 22.8. The lowest BCUT2D eigenvalue weighted by molar-refractivity contribution is 0.492. The van der Waals surface area contributed by atoms with Gasteiger partial charge >= 0.3 is 0 Å². The molecule has 4 heteroatoms. The van der Waals surface area contributed by atoms with Crippen molar-refractivity contribution >= 4 is 38.2 Å². The highest BCUT2D eigenvalue weighted by Crippen LogP contribution is 2.48. The maximum atomic E-state index is 6.67. The van der Waals surface area contributed by atoms with Crippen molar-refractivity contribution in [1.29, 1.82) is 0 Å². The topological polar surface area (TPSA) is 18.5 Å². The lowest BCUT2D eigenvalue weighted by Crippen LogP contribution is -2.43. The van der Waals surface area contributed by atoms with Crippen molar-refractivity contribution in [3.05, 3.63) is 178 Å². The van der Waals surface area contributed by atoms with Crippen molar-refractivity contribution < 1.29 is 8.85 Å². The van der Waals surface area contributed by atoms with Crippen LogP contribution in [0.1, 0.15) is 97.6 Å². The molecule has 0 N–H and O–H groups in total. The van der Waals surface area contributed by atoms with Crippen LogP contribution in [-0.4, -0.2) is 16.6 Å². The first-order chi connectivity index (χ1) is 28.8. The van der Waals surface area contributed by atoms with Crippen LogP contribution in [0.15, 0.2) is 167 Å². The van der Waals surface area contributed by atoms with Crippen LogP contribution < -0.4 is 8.85 Å². The summed E-state index contributed by atoms with van der Waals surface area (Å²) < 4.78 is 13.3. The number of hydrogen-bond acceptors (Lipinski definition) is 2. The van der Waals surface area contributed by atoms with E-state index in [0.717, 1.165) is 24.3 Å². The molecule has 4 aliphatic rings. The van der Waals surface area contributed by atoms with Gasteiger partial charge in [0.15, 0.2) is 0 Å². The van der Waals surface area contributed by atoms with E-state index in [1.165, 1.54) is 72.5 Å². The van der Waals surface area contributed by atoms with Crippen molar-refractivity contribution in [1.82, 2.24) is 0 Å². The maximum Gasteiger partial charge on any atom is 0.250 e. The molecule has 4 unspecified atom stereocenters. The third-order valence-electron chi connectivity index (χ3n) is 15.1. The smallest absolute Gasteiger partial charge is 0.250 e. The summed E-state index contributed by atoms with van der Waals surface area (Å²) in [4.78, 5) is 0. The summed E-state index contributed by atoms with van der Waals surface area (Å²) in [5, 5.41) is 5.33. The van der Waals surface area contributed by atoms with Crippen LogP contribution in [0.5, 0.6) is 11.5 Å². The Balaban J connectivity index is 0.969. The zero-order valence-corrected chi connectivity index (χ0v) is 40.9. The van der Waals surface area contributed by atoms with Gasteiger partial charge in [-0.05, 0) is 142 Å². The van der Waals surface area contributed by atoms with E-state index < -0.39 is 16.6 Å². The van der Waals surface area contributed by atoms with Gasteiger partial charge < -0.3 is 8.85 Å². The van der Waals surface area contributed by atoms with Gasteiger partial charge in [-0.1, -0.05) is 168 Å². The van der Waals surface area contributed by atoms with E-state index in [2.05, 4.69) is 215 Å². The molecular formula is C57H68O2Si2. The number of rotatable bonds is 10. The largest absolute Gasteiger partial charge is 0.543 e. The quantitative estimate of drug-likeness (QED) is 0.148. The van der Waals surface area contributed by atoms with Gasteiger partial charge in [-0.25, -0.2) is 0 Å². The Morgan fingerprint density at radius 1 is 0.475 bits per heavy atom. The first kappa shape index (κ1) is 43.0. The van der Waals surface area contributed by atoms with Crippen molar-refractivity contribution in [2.24, 2.45) is 11.8 Å². The number of fused-ring (bicyclic) bond motifs is 2. The minimum atomic E-state index is -1.91. The Morgan fingerprint density at radius 2 is 0.852 bits per heavy atom. The minimum absolute atomic E-state index is 0.162. The molecule has 0 amide bonds. The molecule has 0 heterocycles. The van der Waals surface area contributed by atoms with Gasteiger partial charge in [0.1, 0.15) is 11.5 Å². The molecule has 0 spiro atoms. The Bertz CT molecular complexity index is 2440. The Labute approximate surface area is 369 Å². The number of benzene rings is 4. The van der Waals surface area contributed by atoms with Crippen molar-refractivity contribution in [3.8, 4) is 11.5 Å². The van der Waals surface area contributed by atoms with Gasteiger partial charge in [0, 0.05) is 23.7 Å². The fourth-order valence-corrected chi connectivity index (χ4v) is 11.4. The van der Waals surface area contributed by atoms with E-state index in [1.54, 1.807) is 0 Å². The van der Waals surface area contributed by atoms with Crippen molar-refractivity contribution in [3.63, 3.8) is 0 Å². The SMILES string of the molecule is CC1=CC2=C(C=CC=CC2c2ccc3cc(O[Si](C)(C)C(C)(C)C)ccc3c2)C1CCCC1C(C)=CC2=C1C=CC=CC2c1ccc2cc(O[Si](C)(C)C(C)(C)C)ccc2c1. The van der Waals surface area contributed by atoms with Crippen molar-refractivity contribution in [2.45, 2.75) is 123 Å². The highest BCUT2D eigenvalue weighted by atomic mass is 28.4. The highest BCUT2D eigenvalue weighted by molar-refractivity contribution is 6.75. The first-order valence-corrected chi connectivity index (χ1v) is 28.6. The average molecular weight is 841 g/mol. The summed E-state index contributed by atoms with van der Waals surface area (Å²) in [6.45, 7) is 27.8. The van der Waals surface area contributed by atoms with E-state index in [-0.39, 0.29) is 21.9 Å². The third-order valence-corrected chi connectivity index (χ3v) is 23.8. The van der Waals surface area contributed by atoms with Crippen LogP contribution in [-0.2, 0) is 0 Å².